The Hall–Kier alpha value is -1.30. The zero-order valence-corrected chi connectivity index (χ0v) is 8.95. The summed E-state index contributed by atoms with van der Waals surface area (Å²) in [5, 5.41) is 26.9. The second-order valence-corrected chi connectivity index (χ2v) is 3.56. The minimum atomic E-state index is -1.77. The molecule has 0 aliphatic carbocycles. The van der Waals surface area contributed by atoms with Crippen molar-refractivity contribution in [1.82, 2.24) is 4.72 Å². The number of aliphatic carboxylic acids is 1. The third kappa shape index (κ3) is 3.37. The molecule has 0 aliphatic heterocycles. The van der Waals surface area contributed by atoms with E-state index in [0.29, 0.717) is 0 Å². The van der Waals surface area contributed by atoms with Crippen molar-refractivity contribution in [3.63, 3.8) is 0 Å². The van der Waals surface area contributed by atoms with Gasteiger partial charge in [0.15, 0.2) is 7.98 Å². The number of benzene rings is 1. The SMILES string of the molecule is BN(B(O)O)[C@@H](Cc1ccccc1)C(=O)O. The molecule has 0 bridgehead atoms. The van der Waals surface area contributed by atoms with Crippen LogP contribution in [0.1, 0.15) is 5.56 Å². The highest BCUT2D eigenvalue weighted by molar-refractivity contribution is 6.46. The highest BCUT2D eigenvalue weighted by Gasteiger charge is 2.29. The summed E-state index contributed by atoms with van der Waals surface area (Å²) < 4.78 is 0.995. The molecule has 0 fully saturated rings. The number of carboxylic acid groups (broad SMARTS) is 1. The molecule has 0 radical (unpaired) electrons. The average Bonchev–Trinajstić information content (AvgIpc) is 2.26. The zero-order valence-electron chi connectivity index (χ0n) is 8.95. The Morgan fingerprint density at radius 2 is 1.94 bits per heavy atom. The topological polar surface area (TPSA) is 81.0 Å². The number of hydrogen-bond acceptors (Lipinski definition) is 4. The van der Waals surface area contributed by atoms with Crippen molar-refractivity contribution in [2.75, 3.05) is 0 Å². The molecule has 0 amide bonds. The Bertz CT molecular complexity index is 347. The van der Waals surface area contributed by atoms with Crippen molar-refractivity contribution < 1.29 is 19.9 Å². The summed E-state index contributed by atoms with van der Waals surface area (Å²) in [4.78, 5) is 11.0. The fraction of sp³-hybridized carbons (Fsp3) is 0.222. The normalized spacial score (nSPS) is 12.4. The van der Waals surface area contributed by atoms with Crippen molar-refractivity contribution >= 4 is 21.2 Å². The van der Waals surface area contributed by atoms with Crippen molar-refractivity contribution in [3.05, 3.63) is 35.9 Å². The Morgan fingerprint density at radius 3 is 2.38 bits per heavy atom. The van der Waals surface area contributed by atoms with Gasteiger partial charge in [-0.1, -0.05) is 30.3 Å². The first-order chi connectivity index (χ1) is 7.52. The van der Waals surface area contributed by atoms with Crippen LogP contribution in [0.4, 0.5) is 0 Å². The van der Waals surface area contributed by atoms with Gasteiger partial charge in [0.2, 0.25) is 0 Å². The van der Waals surface area contributed by atoms with Crippen LogP contribution in [0.15, 0.2) is 30.3 Å². The number of carbonyl (C=O) groups is 1. The van der Waals surface area contributed by atoms with Crippen LogP contribution in [0.5, 0.6) is 0 Å². The summed E-state index contributed by atoms with van der Waals surface area (Å²) in [5.41, 5.74) is 0.836. The number of rotatable bonds is 5. The van der Waals surface area contributed by atoms with E-state index in [-0.39, 0.29) is 6.42 Å². The molecule has 16 heavy (non-hydrogen) atoms. The summed E-state index contributed by atoms with van der Waals surface area (Å²) in [6.07, 6.45) is 0.226. The molecule has 0 saturated carbocycles. The number of hydrogen-bond donors (Lipinski definition) is 3. The Labute approximate surface area is 94.9 Å². The second-order valence-electron chi connectivity index (χ2n) is 3.56. The monoisotopic (exact) mass is 221 g/mol. The minimum Gasteiger partial charge on any atom is -0.480 e. The van der Waals surface area contributed by atoms with Gasteiger partial charge in [0.1, 0.15) is 0 Å². The lowest BCUT2D eigenvalue weighted by atomic mass is 9.91. The molecule has 0 saturated heterocycles. The third-order valence-corrected chi connectivity index (χ3v) is 2.41. The molecular formula is C9H13B2NO4. The van der Waals surface area contributed by atoms with Crippen molar-refractivity contribution in [2.24, 2.45) is 0 Å². The van der Waals surface area contributed by atoms with E-state index in [9.17, 15) is 4.79 Å². The highest BCUT2D eigenvalue weighted by Crippen LogP contribution is 2.08. The predicted octanol–water partition coefficient (Wildman–Crippen LogP) is -1.50. The molecular weight excluding hydrogens is 208 g/mol. The van der Waals surface area contributed by atoms with Gasteiger partial charge in [0.05, 0.1) is 6.04 Å². The lowest BCUT2D eigenvalue weighted by molar-refractivity contribution is -0.140. The van der Waals surface area contributed by atoms with Crippen LogP contribution in [-0.2, 0) is 11.2 Å². The van der Waals surface area contributed by atoms with E-state index in [0.717, 1.165) is 10.3 Å². The largest absolute Gasteiger partial charge is 0.540 e. The van der Waals surface area contributed by atoms with Crippen molar-refractivity contribution in [1.29, 1.82) is 0 Å². The summed E-state index contributed by atoms with van der Waals surface area (Å²) in [6, 6.07) is 8.10. The molecule has 1 rings (SSSR count). The summed E-state index contributed by atoms with van der Waals surface area (Å²) in [6.45, 7) is 0. The van der Waals surface area contributed by atoms with Crippen molar-refractivity contribution in [2.45, 2.75) is 12.5 Å². The van der Waals surface area contributed by atoms with Crippen LogP contribution >= 0.6 is 0 Å². The van der Waals surface area contributed by atoms with Gasteiger partial charge in [-0.05, 0) is 12.0 Å². The molecule has 3 N–H and O–H groups in total. The summed E-state index contributed by atoms with van der Waals surface area (Å²) >= 11 is 0. The molecule has 0 aliphatic rings. The van der Waals surface area contributed by atoms with Crippen LogP contribution in [-0.4, -0.2) is 47.1 Å². The molecule has 0 heterocycles. The van der Waals surface area contributed by atoms with Crippen LogP contribution < -0.4 is 0 Å². The quantitative estimate of drug-likeness (QED) is 0.527. The lowest BCUT2D eigenvalue weighted by Gasteiger charge is -2.24. The smallest absolute Gasteiger partial charge is 0.480 e. The molecule has 5 nitrogen and oxygen atoms in total. The Kier molecular flexibility index (Phi) is 4.54. The standard InChI is InChI=1S/C9H13B2NO4/c10-12(11(15)16)8(9(13)14)6-7-4-2-1-3-5-7/h1-5,8,15-16H,6,10H2,(H,13,14)/t8-/m0/s1. The molecule has 1 aromatic rings. The molecule has 0 unspecified atom stereocenters. The van der Waals surface area contributed by atoms with Crippen LogP contribution in [0.25, 0.3) is 0 Å². The Balaban J connectivity index is 2.77. The van der Waals surface area contributed by atoms with Gasteiger partial charge in [0.25, 0.3) is 0 Å². The predicted molar refractivity (Wildman–Crippen MR) is 62.1 cm³/mol. The fourth-order valence-corrected chi connectivity index (χ4v) is 1.40. The van der Waals surface area contributed by atoms with Gasteiger partial charge >= 0.3 is 13.2 Å². The van der Waals surface area contributed by atoms with E-state index >= 15 is 0 Å². The maximum atomic E-state index is 11.0. The second kappa shape index (κ2) is 5.69. The van der Waals surface area contributed by atoms with Crippen molar-refractivity contribution in [3.8, 4) is 0 Å². The molecule has 0 spiro atoms. The van der Waals surface area contributed by atoms with Crippen LogP contribution in [0, 0.1) is 0 Å². The maximum Gasteiger partial charge on any atom is 0.540 e. The number of carboxylic acids is 1. The molecule has 7 heteroatoms. The van der Waals surface area contributed by atoms with E-state index in [1.165, 1.54) is 7.98 Å². The molecule has 1 atom stereocenters. The summed E-state index contributed by atoms with van der Waals surface area (Å²) in [5.74, 6) is -1.08. The maximum absolute atomic E-state index is 11.0. The molecule has 84 valence electrons. The molecule has 0 aromatic heterocycles. The fourth-order valence-electron chi connectivity index (χ4n) is 1.40. The summed E-state index contributed by atoms with van der Waals surface area (Å²) in [7, 11) is -0.420. The van der Waals surface area contributed by atoms with Gasteiger partial charge in [0, 0.05) is 0 Å². The lowest BCUT2D eigenvalue weighted by Crippen LogP contribution is -2.50. The van der Waals surface area contributed by atoms with Gasteiger partial charge in [-0.25, -0.2) is 0 Å². The zero-order chi connectivity index (χ0) is 12.1. The first-order valence-corrected chi connectivity index (χ1v) is 4.87. The van der Waals surface area contributed by atoms with Gasteiger partial charge in [-0.2, -0.15) is 0 Å². The van der Waals surface area contributed by atoms with Crippen LogP contribution in [0.3, 0.4) is 0 Å². The van der Waals surface area contributed by atoms with Gasteiger partial charge < -0.3 is 19.9 Å². The third-order valence-electron chi connectivity index (χ3n) is 2.41. The van der Waals surface area contributed by atoms with E-state index in [4.69, 9.17) is 15.2 Å². The van der Waals surface area contributed by atoms with E-state index < -0.39 is 19.3 Å². The van der Waals surface area contributed by atoms with Gasteiger partial charge in [-0.3, -0.25) is 4.79 Å². The minimum absolute atomic E-state index is 0.226. The Morgan fingerprint density at radius 1 is 1.38 bits per heavy atom. The van der Waals surface area contributed by atoms with Crippen LogP contribution in [0.2, 0.25) is 0 Å². The highest BCUT2D eigenvalue weighted by atomic mass is 16.4. The van der Waals surface area contributed by atoms with E-state index in [1.807, 2.05) is 18.2 Å². The van der Waals surface area contributed by atoms with E-state index in [2.05, 4.69) is 0 Å². The average molecular weight is 221 g/mol. The van der Waals surface area contributed by atoms with Gasteiger partial charge in [-0.15, -0.1) is 0 Å². The van der Waals surface area contributed by atoms with E-state index in [1.54, 1.807) is 12.1 Å². The molecule has 1 aromatic carbocycles. The first-order valence-electron chi connectivity index (χ1n) is 4.87. The number of nitrogens with zero attached hydrogens (tertiary/aromatic N) is 1. The first kappa shape index (κ1) is 12.8.